The van der Waals surface area contributed by atoms with Crippen molar-refractivity contribution in [1.82, 2.24) is 9.55 Å². The first-order valence-corrected chi connectivity index (χ1v) is 10.6. The monoisotopic (exact) mass is 487 g/mol. The normalized spacial score (nSPS) is 34.8. The van der Waals surface area contributed by atoms with Crippen molar-refractivity contribution in [3.8, 4) is 23.8 Å². The van der Waals surface area contributed by atoms with E-state index in [1.807, 2.05) is 5.92 Å². The molecular formula is C19H18FN2O10P. The average Bonchev–Trinajstić information content (AvgIpc) is 2.99. The molecule has 1 aromatic carbocycles. The van der Waals surface area contributed by atoms with Crippen LogP contribution in [0.5, 0.6) is 11.5 Å². The highest BCUT2D eigenvalue weighted by molar-refractivity contribution is 7.49. The molecule has 12 nitrogen and oxygen atoms in total. The lowest BCUT2D eigenvalue weighted by Gasteiger charge is -2.28. The maximum atomic E-state index is 15.9. The molecule has 1 fully saturated rings. The molecule has 3 heterocycles. The summed E-state index contributed by atoms with van der Waals surface area (Å²) in [7, 11) is -3.69. The second-order valence-corrected chi connectivity index (χ2v) is 8.26. The highest BCUT2D eigenvalue weighted by Crippen LogP contribution is 2.57. The number of halogens is 1. The number of hydrogen-bond donors (Lipinski definition) is 3. The van der Waals surface area contributed by atoms with Crippen LogP contribution in [0.2, 0.25) is 0 Å². The summed E-state index contributed by atoms with van der Waals surface area (Å²) >= 11 is 0. The van der Waals surface area contributed by atoms with Crippen molar-refractivity contribution in [2.75, 3.05) is 13.7 Å². The molecule has 2 aromatic rings. The van der Waals surface area contributed by atoms with Crippen LogP contribution in [-0.4, -0.2) is 51.5 Å². The lowest BCUT2D eigenvalue weighted by molar-refractivity contribution is -0.205. The number of nitrogens with one attached hydrogen (secondary N) is 1. The van der Waals surface area contributed by atoms with Crippen LogP contribution in [0.25, 0.3) is 0 Å². The Morgan fingerprint density at radius 1 is 1.52 bits per heavy atom. The largest absolute Gasteiger partial charge is 0.530 e. The fourth-order valence-electron chi connectivity index (χ4n) is 3.01. The van der Waals surface area contributed by atoms with E-state index in [0.717, 1.165) is 0 Å². The van der Waals surface area contributed by atoms with E-state index >= 15 is 4.39 Å². The van der Waals surface area contributed by atoms with Gasteiger partial charge in [0.25, 0.3) is 11.4 Å². The molecule has 1 saturated heterocycles. The van der Waals surface area contributed by atoms with Crippen LogP contribution < -0.4 is 20.5 Å². The van der Waals surface area contributed by atoms with Crippen molar-refractivity contribution < 1.29 is 46.3 Å². The van der Waals surface area contributed by atoms with Gasteiger partial charge in [-0.3, -0.25) is 23.4 Å². The highest BCUT2D eigenvalue weighted by atomic mass is 31.2. The summed E-state index contributed by atoms with van der Waals surface area (Å²) in [4.78, 5) is 25.7. The van der Waals surface area contributed by atoms with Gasteiger partial charge in [-0.25, -0.2) is 13.8 Å². The molecule has 0 aliphatic carbocycles. The quantitative estimate of drug-likeness (QED) is 0.392. The van der Waals surface area contributed by atoms with Crippen LogP contribution in [0, 0.1) is 12.3 Å². The molecule has 33 heavy (non-hydrogen) atoms. The fraction of sp³-hybridized carbons (Fsp3) is 0.368. The molecule has 3 N–H and O–H groups in total. The van der Waals surface area contributed by atoms with Gasteiger partial charge in [0.05, 0.1) is 17.8 Å². The molecule has 0 spiro atoms. The van der Waals surface area contributed by atoms with E-state index in [9.17, 15) is 24.4 Å². The van der Waals surface area contributed by atoms with Gasteiger partial charge in [-0.15, -0.1) is 6.42 Å². The standard InChI is InChI=1S/C19H18FN2O10P/c1-3-10-7-22(18(26)21-16(10)25)17-13(23)15(24)19(20,31-17)9-30-33(27)29-8-11-5-4-6-12(28-2)14(11)32-33/h1,4-7,13,15,17,23-24H,8-9H2,2H3,(H,21,25,26)/t13-,15+,17-,19-,33?/m1/s1/i9D2,17D. The average molecular weight is 487 g/mol. The van der Waals surface area contributed by atoms with E-state index in [2.05, 4.69) is 0 Å². The number of benzene rings is 1. The zero-order chi connectivity index (χ0) is 26.7. The molecule has 176 valence electrons. The Balaban J connectivity index is 1.70. The van der Waals surface area contributed by atoms with Gasteiger partial charge >= 0.3 is 13.5 Å². The first kappa shape index (κ1) is 19.5. The third kappa shape index (κ3) is 4.08. The van der Waals surface area contributed by atoms with Crippen LogP contribution in [0.15, 0.2) is 34.0 Å². The summed E-state index contributed by atoms with van der Waals surface area (Å²) in [6, 6.07) is 4.52. The lowest BCUT2D eigenvalue weighted by atomic mass is 10.1. The van der Waals surface area contributed by atoms with E-state index in [1.54, 1.807) is 11.1 Å². The molecule has 0 saturated carbocycles. The number of nitrogens with zero attached hydrogens (tertiary/aromatic N) is 1. The van der Waals surface area contributed by atoms with Gasteiger partial charge in [-0.1, -0.05) is 18.1 Å². The van der Waals surface area contributed by atoms with E-state index in [4.69, 9.17) is 33.6 Å². The zero-order valence-electron chi connectivity index (χ0n) is 19.7. The molecule has 0 amide bonds. The number of fused-ring (bicyclic) bond motifs is 1. The van der Waals surface area contributed by atoms with Gasteiger partial charge in [-0.05, 0) is 6.07 Å². The molecule has 0 bridgehead atoms. The highest BCUT2D eigenvalue weighted by Gasteiger charge is 2.57. The Bertz CT molecular complexity index is 1410. The number of rotatable bonds is 5. The van der Waals surface area contributed by atoms with Crippen LogP contribution >= 0.6 is 7.82 Å². The van der Waals surface area contributed by atoms with E-state index in [0.29, 0.717) is 11.8 Å². The molecule has 5 atom stereocenters. The van der Waals surface area contributed by atoms with Crippen molar-refractivity contribution in [3.05, 3.63) is 56.4 Å². The maximum Gasteiger partial charge on any atom is 0.530 e. The predicted molar refractivity (Wildman–Crippen MR) is 107 cm³/mol. The predicted octanol–water partition coefficient (Wildman–Crippen LogP) is 0.177. The fourth-order valence-corrected chi connectivity index (χ4v) is 4.12. The van der Waals surface area contributed by atoms with Gasteiger partial charge in [0.2, 0.25) is 0 Å². The first-order valence-electron chi connectivity index (χ1n) is 10.6. The number of terminal acetylenes is 1. The Labute approximate surface area is 189 Å². The number of phosphoric acid groups is 1. The number of ether oxygens (including phenoxy) is 2. The molecule has 14 heteroatoms. The lowest BCUT2D eigenvalue weighted by Crippen LogP contribution is -2.43. The van der Waals surface area contributed by atoms with Crippen LogP contribution in [-0.2, 0) is 25.0 Å². The minimum absolute atomic E-state index is 0.0784. The summed E-state index contributed by atoms with van der Waals surface area (Å²) < 4.78 is 78.2. The number of alkyl halides is 1. The minimum Gasteiger partial charge on any atom is -0.493 e. The van der Waals surface area contributed by atoms with Crippen molar-refractivity contribution in [1.29, 1.82) is 0 Å². The van der Waals surface area contributed by atoms with Gasteiger partial charge in [0.1, 0.15) is 24.3 Å². The summed E-state index contributed by atoms with van der Waals surface area (Å²) in [6.45, 7) is -4.35. The Morgan fingerprint density at radius 3 is 2.97 bits per heavy atom. The smallest absolute Gasteiger partial charge is 0.493 e. The third-order valence-corrected chi connectivity index (χ3v) is 5.85. The summed E-state index contributed by atoms with van der Waals surface area (Å²) in [5, 5.41) is 20.8. The molecule has 0 radical (unpaired) electrons. The Hall–Kier alpha value is -2.98. The Kier molecular flexibility index (Phi) is 4.97. The second kappa shape index (κ2) is 8.42. The SMILES string of the molecule is [2H]C([2H])(OP1(=O)OCc2cccc(OC)c2O1)[C@@]1(F)O[C@@]([2H])(n2cc(C#C)c(=O)[nH]c2=O)[C@H](O)[C@@H]1O. The van der Waals surface area contributed by atoms with Crippen molar-refractivity contribution in [2.45, 2.75) is 30.9 Å². The minimum atomic E-state index is -4.96. The second-order valence-electron chi connectivity index (χ2n) is 6.75. The topological polar surface area (TPSA) is 159 Å². The van der Waals surface area contributed by atoms with Gasteiger partial charge in [0, 0.05) is 11.8 Å². The van der Waals surface area contributed by atoms with Crippen molar-refractivity contribution >= 4 is 7.82 Å². The first-order chi connectivity index (χ1) is 16.7. The van der Waals surface area contributed by atoms with Crippen LogP contribution in [0.1, 0.15) is 21.4 Å². The molecule has 4 rings (SSSR count). The number of aliphatic hydroxyl groups is 2. The van der Waals surface area contributed by atoms with E-state index < -0.39 is 62.1 Å². The number of H-pyrrole nitrogens is 1. The zero-order valence-corrected chi connectivity index (χ0v) is 17.6. The number of hydrogen-bond acceptors (Lipinski definition) is 10. The summed E-state index contributed by atoms with van der Waals surface area (Å²) in [5.74, 6) is -2.29. The number of methoxy groups -OCH3 is 1. The van der Waals surface area contributed by atoms with Gasteiger partial charge in [-0.2, -0.15) is 0 Å². The number of aliphatic hydroxyl groups excluding tert-OH is 2. The number of aromatic amines is 1. The number of para-hydroxylation sites is 1. The van der Waals surface area contributed by atoms with Crippen molar-refractivity contribution in [3.63, 3.8) is 0 Å². The molecule has 2 aliphatic heterocycles. The van der Waals surface area contributed by atoms with E-state index in [-0.39, 0.29) is 16.1 Å². The molecular weight excluding hydrogens is 466 g/mol. The molecule has 1 unspecified atom stereocenters. The number of phosphoric ester groups is 1. The molecule has 2 aliphatic rings. The summed E-state index contributed by atoms with van der Waals surface area (Å²) in [5.41, 5.74) is -2.62. The van der Waals surface area contributed by atoms with Gasteiger partial charge < -0.3 is 24.2 Å². The van der Waals surface area contributed by atoms with Gasteiger partial charge in [0.15, 0.2) is 17.7 Å². The summed E-state index contributed by atoms with van der Waals surface area (Å²) in [6.07, 6.45) is -3.09. The number of aromatic nitrogens is 2. The van der Waals surface area contributed by atoms with Crippen LogP contribution in [0.3, 0.4) is 0 Å². The maximum absolute atomic E-state index is 15.9. The van der Waals surface area contributed by atoms with Crippen LogP contribution in [0.4, 0.5) is 4.39 Å². The molecule has 1 aromatic heterocycles. The van der Waals surface area contributed by atoms with Crippen molar-refractivity contribution in [2.24, 2.45) is 0 Å². The van der Waals surface area contributed by atoms with E-state index in [1.165, 1.54) is 19.2 Å². The Morgan fingerprint density at radius 2 is 2.27 bits per heavy atom. The third-order valence-electron chi connectivity index (χ3n) is 4.68.